The molecule has 0 N–H and O–H groups in total. The average molecular weight is 231 g/mol. The molecule has 17 heavy (non-hydrogen) atoms. The van der Waals surface area contributed by atoms with E-state index >= 15 is 0 Å². The second kappa shape index (κ2) is 4.36. The molecule has 0 unspecified atom stereocenters. The highest BCUT2D eigenvalue weighted by Crippen LogP contribution is 2.35. The van der Waals surface area contributed by atoms with E-state index in [1.165, 1.54) is 36.2 Å². The summed E-state index contributed by atoms with van der Waals surface area (Å²) in [6, 6.07) is 4.82. The third-order valence-corrected chi connectivity index (χ3v) is 3.82. The molecule has 1 aliphatic rings. The van der Waals surface area contributed by atoms with Crippen LogP contribution in [0.4, 0.5) is 5.69 Å². The van der Waals surface area contributed by atoms with Gasteiger partial charge in [0.1, 0.15) is 0 Å². The summed E-state index contributed by atoms with van der Waals surface area (Å²) >= 11 is 0. The first-order valence-electron chi connectivity index (χ1n) is 6.82. The lowest BCUT2D eigenvalue weighted by molar-refractivity contribution is 0.586. The maximum Gasteiger partial charge on any atom is 0.0428 e. The van der Waals surface area contributed by atoms with E-state index in [0.717, 1.165) is 6.54 Å². The number of benzene rings is 1. The maximum absolute atomic E-state index is 2.53. The second-order valence-electron chi connectivity index (χ2n) is 6.23. The normalized spacial score (nSPS) is 15.9. The number of fused-ring (bicyclic) bond motifs is 1. The van der Waals surface area contributed by atoms with E-state index in [0.29, 0.717) is 0 Å². The lowest BCUT2D eigenvalue weighted by Crippen LogP contribution is -2.30. The monoisotopic (exact) mass is 231 g/mol. The van der Waals surface area contributed by atoms with Crippen molar-refractivity contribution in [3.63, 3.8) is 0 Å². The molecule has 2 rings (SSSR count). The van der Waals surface area contributed by atoms with Crippen LogP contribution in [-0.4, -0.2) is 13.1 Å². The molecule has 1 aromatic carbocycles. The van der Waals surface area contributed by atoms with Gasteiger partial charge in [-0.3, -0.25) is 0 Å². The van der Waals surface area contributed by atoms with Crippen LogP contribution in [0.25, 0.3) is 0 Å². The lowest BCUT2D eigenvalue weighted by atomic mass is 9.83. The van der Waals surface area contributed by atoms with Gasteiger partial charge in [0.05, 0.1) is 0 Å². The fraction of sp³-hybridized carbons (Fsp3) is 0.625. The molecular formula is C16H25N. The van der Waals surface area contributed by atoms with E-state index in [9.17, 15) is 0 Å². The minimum atomic E-state index is 0.258. The predicted molar refractivity (Wildman–Crippen MR) is 76.1 cm³/mol. The Morgan fingerprint density at radius 3 is 2.53 bits per heavy atom. The Hall–Kier alpha value is -0.980. The van der Waals surface area contributed by atoms with Gasteiger partial charge in [-0.2, -0.15) is 0 Å². The van der Waals surface area contributed by atoms with Crippen LogP contribution in [0.15, 0.2) is 12.1 Å². The molecule has 0 spiro atoms. The smallest absolute Gasteiger partial charge is 0.0428 e. The van der Waals surface area contributed by atoms with Crippen LogP contribution in [0, 0.1) is 6.92 Å². The largest absolute Gasteiger partial charge is 0.371 e. The second-order valence-corrected chi connectivity index (χ2v) is 6.23. The van der Waals surface area contributed by atoms with Crippen LogP contribution < -0.4 is 4.90 Å². The molecule has 0 saturated carbocycles. The molecule has 0 amide bonds. The van der Waals surface area contributed by atoms with Crippen LogP contribution in [0.3, 0.4) is 0 Å². The highest BCUT2D eigenvalue weighted by atomic mass is 15.1. The highest BCUT2D eigenvalue weighted by Gasteiger charge is 2.22. The summed E-state index contributed by atoms with van der Waals surface area (Å²) in [5.41, 5.74) is 6.25. The van der Waals surface area contributed by atoms with Crippen molar-refractivity contribution < 1.29 is 0 Å². The third kappa shape index (κ3) is 2.34. The van der Waals surface area contributed by atoms with E-state index in [1.54, 1.807) is 5.56 Å². The summed E-state index contributed by atoms with van der Waals surface area (Å²) in [7, 11) is 0. The summed E-state index contributed by atoms with van der Waals surface area (Å²) < 4.78 is 0. The fourth-order valence-electron chi connectivity index (χ4n) is 2.82. The zero-order valence-corrected chi connectivity index (χ0v) is 11.9. The molecule has 0 saturated heterocycles. The number of aryl methyl sites for hydroxylation is 2. The van der Waals surface area contributed by atoms with Gasteiger partial charge in [0, 0.05) is 18.8 Å². The first kappa shape index (κ1) is 12.5. The Morgan fingerprint density at radius 2 is 1.94 bits per heavy atom. The van der Waals surface area contributed by atoms with Crippen LogP contribution in [0.1, 0.15) is 50.8 Å². The van der Waals surface area contributed by atoms with Gasteiger partial charge in [-0.05, 0) is 48.8 Å². The molecule has 1 nitrogen and oxygen atoms in total. The molecule has 94 valence electrons. The molecule has 0 fully saturated rings. The Kier molecular flexibility index (Phi) is 3.20. The standard InChI is InChI=1S/C16H25N/c1-6-17-9-7-8-13-11-14(16(3,4)5)10-12(2)15(13)17/h10-11H,6-9H2,1-5H3. The summed E-state index contributed by atoms with van der Waals surface area (Å²) in [5, 5.41) is 0. The molecule has 1 heteroatoms. The van der Waals surface area contributed by atoms with Gasteiger partial charge in [0.25, 0.3) is 0 Å². The Balaban J connectivity index is 2.51. The third-order valence-electron chi connectivity index (χ3n) is 3.82. The SMILES string of the molecule is CCN1CCCc2cc(C(C)(C)C)cc(C)c21. The molecule has 0 aliphatic carbocycles. The first-order chi connectivity index (χ1) is 7.93. The van der Waals surface area contributed by atoms with Crippen molar-refractivity contribution in [1.29, 1.82) is 0 Å². The van der Waals surface area contributed by atoms with Gasteiger partial charge < -0.3 is 4.90 Å². The Morgan fingerprint density at radius 1 is 1.24 bits per heavy atom. The van der Waals surface area contributed by atoms with Gasteiger partial charge >= 0.3 is 0 Å². The van der Waals surface area contributed by atoms with Crippen molar-refractivity contribution in [3.05, 3.63) is 28.8 Å². The van der Waals surface area contributed by atoms with Crippen LogP contribution in [0.5, 0.6) is 0 Å². The van der Waals surface area contributed by atoms with Crippen molar-refractivity contribution in [2.75, 3.05) is 18.0 Å². The molecule has 0 aromatic heterocycles. The van der Waals surface area contributed by atoms with Crippen molar-refractivity contribution in [2.45, 2.75) is 52.9 Å². The zero-order valence-electron chi connectivity index (χ0n) is 11.9. The predicted octanol–water partition coefficient (Wildman–Crippen LogP) is 4.07. The number of hydrogen-bond acceptors (Lipinski definition) is 1. The summed E-state index contributed by atoms with van der Waals surface area (Å²) in [6.45, 7) is 13.8. The van der Waals surface area contributed by atoms with Gasteiger partial charge in [0.2, 0.25) is 0 Å². The minimum absolute atomic E-state index is 0.258. The topological polar surface area (TPSA) is 3.24 Å². The van der Waals surface area contributed by atoms with E-state index < -0.39 is 0 Å². The van der Waals surface area contributed by atoms with E-state index in [4.69, 9.17) is 0 Å². The molecule has 0 radical (unpaired) electrons. The Labute approximate surface area is 106 Å². The molecule has 1 aromatic rings. The molecule has 0 atom stereocenters. The number of hydrogen-bond donors (Lipinski definition) is 0. The number of anilines is 1. The minimum Gasteiger partial charge on any atom is -0.371 e. The van der Waals surface area contributed by atoms with Crippen LogP contribution in [0.2, 0.25) is 0 Å². The van der Waals surface area contributed by atoms with Gasteiger partial charge in [-0.15, -0.1) is 0 Å². The molecule has 1 heterocycles. The van der Waals surface area contributed by atoms with E-state index in [1.807, 2.05) is 0 Å². The van der Waals surface area contributed by atoms with Crippen molar-refractivity contribution in [3.8, 4) is 0 Å². The quantitative estimate of drug-likeness (QED) is 0.704. The highest BCUT2D eigenvalue weighted by molar-refractivity contribution is 5.62. The van der Waals surface area contributed by atoms with Gasteiger partial charge in [0.15, 0.2) is 0 Å². The molecular weight excluding hydrogens is 206 g/mol. The van der Waals surface area contributed by atoms with Crippen LogP contribution in [-0.2, 0) is 11.8 Å². The number of rotatable bonds is 1. The number of nitrogens with zero attached hydrogens (tertiary/aromatic N) is 1. The van der Waals surface area contributed by atoms with Crippen molar-refractivity contribution in [1.82, 2.24) is 0 Å². The first-order valence-corrected chi connectivity index (χ1v) is 6.82. The van der Waals surface area contributed by atoms with E-state index in [-0.39, 0.29) is 5.41 Å². The average Bonchev–Trinajstić information content (AvgIpc) is 2.26. The van der Waals surface area contributed by atoms with E-state index in [2.05, 4.69) is 51.7 Å². The zero-order chi connectivity index (χ0) is 12.6. The summed E-state index contributed by atoms with van der Waals surface area (Å²) in [4.78, 5) is 2.53. The maximum atomic E-state index is 2.53. The fourth-order valence-corrected chi connectivity index (χ4v) is 2.82. The lowest BCUT2D eigenvalue weighted by Gasteiger charge is -2.33. The van der Waals surface area contributed by atoms with Crippen LogP contribution >= 0.6 is 0 Å². The van der Waals surface area contributed by atoms with Crippen molar-refractivity contribution >= 4 is 5.69 Å². The summed E-state index contributed by atoms with van der Waals surface area (Å²) in [5.74, 6) is 0. The van der Waals surface area contributed by atoms with Gasteiger partial charge in [-0.25, -0.2) is 0 Å². The van der Waals surface area contributed by atoms with Gasteiger partial charge in [-0.1, -0.05) is 32.9 Å². The molecule has 1 aliphatic heterocycles. The molecule has 0 bridgehead atoms. The van der Waals surface area contributed by atoms with Crippen molar-refractivity contribution in [2.24, 2.45) is 0 Å². The Bertz CT molecular complexity index is 412. The summed E-state index contributed by atoms with van der Waals surface area (Å²) in [6.07, 6.45) is 2.55.